The maximum absolute atomic E-state index is 11.0. The maximum Gasteiger partial charge on any atom is 0.313 e. The van der Waals surface area contributed by atoms with Gasteiger partial charge in [0.05, 0.1) is 5.69 Å². The smallest absolute Gasteiger partial charge is 0.313 e. The minimum absolute atomic E-state index is 0.0324. The summed E-state index contributed by atoms with van der Waals surface area (Å²) in [5.74, 6) is -0.951. The van der Waals surface area contributed by atoms with E-state index in [0.717, 1.165) is 11.5 Å². The first-order valence-corrected chi connectivity index (χ1v) is 5.29. The molecule has 2 aromatic rings. The molecular formula is C11H14N4O2. The van der Waals surface area contributed by atoms with Crippen molar-refractivity contribution < 1.29 is 9.90 Å². The molecule has 90 valence electrons. The first-order chi connectivity index (χ1) is 8.02. The van der Waals surface area contributed by atoms with E-state index in [1.54, 1.807) is 10.6 Å². The van der Waals surface area contributed by atoms with E-state index < -0.39 is 11.9 Å². The summed E-state index contributed by atoms with van der Waals surface area (Å²) in [7, 11) is 0. The zero-order valence-corrected chi connectivity index (χ0v) is 9.71. The standard InChI is InChI=1S/C11H14N4O2/c1-6-3-10-14-9(8(4-12)11(16)17)5-15(10)7(2)13-6/h3,5,8H,4,12H2,1-2H3,(H,16,17). The highest BCUT2D eigenvalue weighted by molar-refractivity contribution is 5.76. The summed E-state index contributed by atoms with van der Waals surface area (Å²) in [6.07, 6.45) is 1.68. The predicted molar refractivity (Wildman–Crippen MR) is 61.9 cm³/mol. The number of aryl methyl sites for hydroxylation is 2. The lowest BCUT2D eigenvalue weighted by Gasteiger charge is -2.04. The molecule has 2 aromatic heterocycles. The van der Waals surface area contributed by atoms with Crippen molar-refractivity contribution in [2.75, 3.05) is 6.54 Å². The topological polar surface area (TPSA) is 93.5 Å². The van der Waals surface area contributed by atoms with Crippen molar-refractivity contribution in [2.45, 2.75) is 19.8 Å². The van der Waals surface area contributed by atoms with Gasteiger partial charge in [-0.2, -0.15) is 0 Å². The molecule has 6 heteroatoms. The van der Waals surface area contributed by atoms with Crippen LogP contribution in [-0.2, 0) is 4.79 Å². The SMILES string of the molecule is Cc1cc2nc(C(CN)C(=O)O)cn2c(C)n1. The molecule has 17 heavy (non-hydrogen) atoms. The molecule has 0 amide bonds. The Hall–Kier alpha value is -1.95. The molecule has 0 saturated carbocycles. The minimum Gasteiger partial charge on any atom is -0.481 e. The number of carboxylic acids is 1. The van der Waals surface area contributed by atoms with Gasteiger partial charge in [0.1, 0.15) is 17.4 Å². The average molecular weight is 234 g/mol. The fourth-order valence-corrected chi connectivity index (χ4v) is 1.82. The molecular weight excluding hydrogens is 220 g/mol. The molecule has 1 atom stereocenters. The largest absolute Gasteiger partial charge is 0.481 e. The molecule has 0 aliphatic heterocycles. The van der Waals surface area contributed by atoms with Gasteiger partial charge in [-0.3, -0.25) is 9.20 Å². The summed E-state index contributed by atoms with van der Waals surface area (Å²) in [6, 6.07) is 1.81. The van der Waals surface area contributed by atoms with Crippen LogP contribution in [0.15, 0.2) is 12.3 Å². The Morgan fingerprint density at radius 1 is 1.53 bits per heavy atom. The zero-order chi connectivity index (χ0) is 12.6. The summed E-state index contributed by atoms with van der Waals surface area (Å²) >= 11 is 0. The monoisotopic (exact) mass is 234 g/mol. The highest BCUT2D eigenvalue weighted by Crippen LogP contribution is 2.16. The normalized spacial score (nSPS) is 12.9. The highest BCUT2D eigenvalue weighted by Gasteiger charge is 2.21. The van der Waals surface area contributed by atoms with Crippen molar-refractivity contribution in [3.8, 4) is 0 Å². The number of imidazole rings is 1. The first kappa shape index (κ1) is 11.5. The molecule has 0 spiro atoms. The summed E-state index contributed by atoms with van der Waals surface area (Å²) in [4.78, 5) is 19.6. The lowest BCUT2D eigenvalue weighted by atomic mass is 10.1. The third kappa shape index (κ3) is 1.99. The van der Waals surface area contributed by atoms with Crippen LogP contribution >= 0.6 is 0 Å². The van der Waals surface area contributed by atoms with Crippen molar-refractivity contribution >= 4 is 11.6 Å². The molecule has 0 aliphatic rings. The fraction of sp³-hybridized carbons (Fsp3) is 0.364. The molecule has 2 rings (SSSR count). The van der Waals surface area contributed by atoms with Gasteiger partial charge in [-0.05, 0) is 13.8 Å². The van der Waals surface area contributed by atoms with E-state index in [9.17, 15) is 4.79 Å². The van der Waals surface area contributed by atoms with Gasteiger partial charge >= 0.3 is 5.97 Å². The number of nitrogens with two attached hydrogens (primary N) is 1. The molecule has 0 aromatic carbocycles. The van der Waals surface area contributed by atoms with Crippen LogP contribution in [-0.4, -0.2) is 32.0 Å². The number of aliphatic carboxylic acids is 1. The third-order valence-corrected chi connectivity index (χ3v) is 2.67. The quantitative estimate of drug-likeness (QED) is 0.805. The van der Waals surface area contributed by atoms with Crippen LogP contribution < -0.4 is 5.73 Å². The van der Waals surface area contributed by atoms with E-state index in [4.69, 9.17) is 10.8 Å². The van der Waals surface area contributed by atoms with Crippen LogP contribution in [0.3, 0.4) is 0 Å². The second kappa shape index (κ2) is 4.14. The molecule has 6 nitrogen and oxygen atoms in total. The number of aromatic nitrogens is 3. The summed E-state index contributed by atoms with van der Waals surface area (Å²) in [6.45, 7) is 3.76. The summed E-state index contributed by atoms with van der Waals surface area (Å²) in [5, 5.41) is 9.03. The average Bonchev–Trinajstić information content (AvgIpc) is 2.61. The second-order valence-electron chi connectivity index (χ2n) is 3.97. The number of hydrogen-bond acceptors (Lipinski definition) is 4. The van der Waals surface area contributed by atoms with Crippen LogP contribution in [0, 0.1) is 13.8 Å². The molecule has 1 unspecified atom stereocenters. The van der Waals surface area contributed by atoms with Crippen molar-refractivity contribution in [3.63, 3.8) is 0 Å². The van der Waals surface area contributed by atoms with E-state index in [1.165, 1.54) is 0 Å². The van der Waals surface area contributed by atoms with Crippen molar-refractivity contribution in [1.29, 1.82) is 0 Å². The number of nitrogens with zero attached hydrogens (tertiary/aromatic N) is 3. The Morgan fingerprint density at radius 3 is 2.82 bits per heavy atom. The molecule has 2 heterocycles. The van der Waals surface area contributed by atoms with Gasteiger partial charge in [0, 0.05) is 24.5 Å². The van der Waals surface area contributed by atoms with E-state index in [2.05, 4.69) is 9.97 Å². The van der Waals surface area contributed by atoms with Crippen molar-refractivity contribution in [3.05, 3.63) is 29.5 Å². The molecule has 0 radical (unpaired) electrons. The van der Waals surface area contributed by atoms with Crippen LogP contribution in [0.2, 0.25) is 0 Å². The van der Waals surface area contributed by atoms with Crippen molar-refractivity contribution in [1.82, 2.24) is 14.4 Å². The number of fused-ring (bicyclic) bond motifs is 1. The van der Waals surface area contributed by atoms with E-state index in [-0.39, 0.29) is 6.54 Å². The zero-order valence-electron chi connectivity index (χ0n) is 9.71. The summed E-state index contributed by atoms with van der Waals surface area (Å²) in [5.41, 5.74) is 7.47. The lowest BCUT2D eigenvalue weighted by molar-refractivity contribution is -0.138. The lowest BCUT2D eigenvalue weighted by Crippen LogP contribution is -2.21. The molecule has 0 bridgehead atoms. The predicted octanol–water partition coefficient (Wildman–Crippen LogP) is 0.473. The van der Waals surface area contributed by atoms with Gasteiger partial charge in [-0.1, -0.05) is 0 Å². The van der Waals surface area contributed by atoms with Gasteiger partial charge in [0.25, 0.3) is 0 Å². The number of rotatable bonds is 3. The minimum atomic E-state index is -0.960. The Morgan fingerprint density at radius 2 is 2.24 bits per heavy atom. The van der Waals surface area contributed by atoms with Crippen LogP contribution in [0.4, 0.5) is 0 Å². The second-order valence-corrected chi connectivity index (χ2v) is 3.97. The maximum atomic E-state index is 11.0. The van der Waals surface area contributed by atoms with Crippen LogP contribution in [0.5, 0.6) is 0 Å². The first-order valence-electron chi connectivity index (χ1n) is 5.29. The van der Waals surface area contributed by atoms with E-state index in [0.29, 0.717) is 11.3 Å². The van der Waals surface area contributed by atoms with Crippen molar-refractivity contribution in [2.24, 2.45) is 5.73 Å². The van der Waals surface area contributed by atoms with Gasteiger partial charge in [-0.15, -0.1) is 0 Å². The third-order valence-electron chi connectivity index (χ3n) is 2.67. The molecule has 0 aliphatic carbocycles. The Kier molecular flexibility index (Phi) is 2.81. The summed E-state index contributed by atoms with van der Waals surface area (Å²) < 4.78 is 1.77. The Labute approximate surface area is 98.1 Å². The molecule has 3 N–H and O–H groups in total. The van der Waals surface area contributed by atoms with E-state index >= 15 is 0 Å². The molecule has 0 fully saturated rings. The van der Waals surface area contributed by atoms with Gasteiger partial charge in [0.2, 0.25) is 0 Å². The Bertz CT molecular complexity index is 576. The van der Waals surface area contributed by atoms with E-state index in [1.807, 2.05) is 19.9 Å². The number of carbonyl (C=O) groups is 1. The number of hydrogen-bond donors (Lipinski definition) is 2. The van der Waals surface area contributed by atoms with Crippen LogP contribution in [0.25, 0.3) is 5.65 Å². The van der Waals surface area contributed by atoms with Gasteiger partial charge < -0.3 is 10.8 Å². The fourth-order valence-electron chi connectivity index (χ4n) is 1.82. The molecule has 0 saturated heterocycles. The highest BCUT2D eigenvalue weighted by atomic mass is 16.4. The van der Waals surface area contributed by atoms with Crippen LogP contribution in [0.1, 0.15) is 23.1 Å². The Balaban J connectivity index is 2.58. The number of carboxylic acid groups (broad SMARTS) is 1. The van der Waals surface area contributed by atoms with Gasteiger partial charge in [-0.25, -0.2) is 9.97 Å². The van der Waals surface area contributed by atoms with Gasteiger partial charge in [0.15, 0.2) is 0 Å².